The molecule has 2 heterocycles. The molecule has 6 heteroatoms. The van der Waals surface area contributed by atoms with Crippen molar-refractivity contribution in [2.75, 3.05) is 12.4 Å². The topological polar surface area (TPSA) is 66.9 Å². The number of anilines is 1. The third-order valence-corrected chi connectivity index (χ3v) is 4.07. The Balaban J connectivity index is 2.42. The zero-order chi connectivity index (χ0) is 13.3. The number of carbonyl (C=O) groups excluding carboxylic acids is 1. The lowest BCUT2D eigenvalue weighted by Crippen LogP contribution is -2.35. The Kier molecular flexibility index (Phi) is 3.47. The Morgan fingerprint density at radius 2 is 2.11 bits per heavy atom. The fourth-order valence-electron chi connectivity index (χ4n) is 1.78. The molecule has 0 aliphatic heterocycles. The summed E-state index contributed by atoms with van der Waals surface area (Å²) < 4.78 is 0. The second-order valence-corrected chi connectivity index (χ2v) is 5.37. The first kappa shape index (κ1) is 12.8. The van der Waals surface area contributed by atoms with Crippen LogP contribution in [-0.2, 0) is 4.79 Å². The van der Waals surface area contributed by atoms with Crippen LogP contribution < -0.4 is 10.6 Å². The molecular weight excluding hydrogens is 248 g/mol. The average Bonchev–Trinajstić information content (AvgIpc) is 2.65. The third-order valence-electron chi connectivity index (χ3n) is 2.96. The van der Waals surface area contributed by atoms with E-state index in [0.717, 1.165) is 16.0 Å². The Hall–Kier alpha value is -1.69. The van der Waals surface area contributed by atoms with Crippen molar-refractivity contribution in [1.29, 1.82) is 0 Å². The van der Waals surface area contributed by atoms with Gasteiger partial charge in [0.25, 0.3) is 0 Å². The van der Waals surface area contributed by atoms with Crippen LogP contribution in [0.2, 0.25) is 0 Å². The van der Waals surface area contributed by atoms with Crippen molar-refractivity contribution < 1.29 is 4.79 Å². The van der Waals surface area contributed by atoms with Gasteiger partial charge in [-0.3, -0.25) is 4.79 Å². The Morgan fingerprint density at radius 1 is 1.39 bits per heavy atom. The van der Waals surface area contributed by atoms with Gasteiger partial charge in [-0.25, -0.2) is 9.97 Å². The lowest BCUT2D eigenvalue weighted by atomic mass is 10.2. The zero-order valence-electron chi connectivity index (χ0n) is 10.9. The zero-order valence-corrected chi connectivity index (χ0v) is 11.7. The average molecular weight is 264 g/mol. The molecule has 0 saturated heterocycles. The van der Waals surface area contributed by atoms with Gasteiger partial charge in [-0.2, -0.15) is 0 Å². The minimum atomic E-state index is -0.326. The normalized spacial score (nSPS) is 12.4. The number of thiophene rings is 1. The molecule has 1 atom stereocenters. The highest BCUT2D eigenvalue weighted by atomic mass is 32.1. The van der Waals surface area contributed by atoms with Crippen molar-refractivity contribution in [2.45, 2.75) is 26.8 Å². The predicted molar refractivity (Wildman–Crippen MR) is 74.0 cm³/mol. The van der Waals surface area contributed by atoms with Gasteiger partial charge in [0.15, 0.2) is 0 Å². The molecule has 18 heavy (non-hydrogen) atoms. The van der Waals surface area contributed by atoms with E-state index < -0.39 is 0 Å². The summed E-state index contributed by atoms with van der Waals surface area (Å²) in [6.07, 6.45) is 1.52. The van der Waals surface area contributed by atoms with Crippen molar-refractivity contribution >= 4 is 33.3 Å². The minimum absolute atomic E-state index is 0.0635. The van der Waals surface area contributed by atoms with E-state index in [1.807, 2.05) is 6.92 Å². The molecular formula is C12H16N4OS. The number of aryl methyl sites for hydroxylation is 2. The molecule has 0 fully saturated rings. The second-order valence-electron chi connectivity index (χ2n) is 4.17. The van der Waals surface area contributed by atoms with Crippen LogP contribution in [0.25, 0.3) is 10.2 Å². The van der Waals surface area contributed by atoms with Crippen molar-refractivity contribution in [1.82, 2.24) is 15.3 Å². The monoisotopic (exact) mass is 264 g/mol. The number of likely N-dealkylation sites (N-methyl/N-ethyl adjacent to an activating group) is 1. The van der Waals surface area contributed by atoms with Crippen LogP contribution in [0.15, 0.2) is 6.33 Å². The molecule has 1 unspecified atom stereocenters. The summed E-state index contributed by atoms with van der Waals surface area (Å²) >= 11 is 1.64. The van der Waals surface area contributed by atoms with Gasteiger partial charge in [-0.15, -0.1) is 11.3 Å². The molecule has 2 rings (SSSR count). The quantitative estimate of drug-likeness (QED) is 0.888. The van der Waals surface area contributed by atoms with Gasteiger partial charge >= 0.3 is 0 Å². The molecule has 0 spiro atoms. The summed E-state index contributed by atoms with van der Waals surface area (Å²) in [4.78, 5) is 22.2. The number of hydrogen-bond acceptors (Lipinski definition) is 5. The van der Waals surface area contributed by atoms with Crippen molar-refractivity contribution in [2.24, 2.45) is 0 Å². The first-order valence-corrected chi connectivity index (χ1v) is 6.55. The number of carbonyl (C=O) groups is 1. The Labute approximate surface area is 110 Å². The molecule has 0 aliphatic rings. The van der Waals surface area contributed by atoms with E-state index in [9.17, 15) is 4.79 Å². The summed E-state index contributed by atoms with van der Waals surface area (Å²) in [5.74, 6) is 0.657. The van der Waals surface area contributed by atoms with E-state index in [2.05, 4.69) is 27.5 Å². The van der Waals surface area contributed by atoms with E-state index in [-0.39, 0.29) is 11.9 Å². The van der Waals surface area contributed by atoms with E-state index in [4.69, 9.17) is 0 Å². The van der Waals surface area contributed by atoms with E-state index in [1.54, 1.807) is 25.3 Å². The lowest BCUT2D eigenvalue weighted by molar-refractivity contribution is -0.121. The summed E-state index contributed by atoms with van der Waals surface area (Å²) in [6.45, 7) is 5.92. The van der Waals surface area contributed by atoms with E-state index >= 15 is 0 Å². The van der Waals surface area contributed by atoms with Crippen LogP contribution in [0.4, 0.5) is 5.82 Å². The largest absolute Gasteiger partial charge is 0.358 e. The lowest BCUT2D eigenvalue weighted by Gasteiger charge is -2.13. The van der Waals surface area contributed by atoms with E-state index in [1.165, 1.54) is 16.8 Å². The van der Waals surface area contributed by atoms with Crippen LogP contribution in [0.1, 0.15) is 17.4 Å². The summed E-state index contributed by atoms with van der Waals surface area (Å²) in [5, 5.41) is 6.75. The third kappa shape index (κ3) is 2.15. The Morgan fingerprint density at radius 3 is 2.78 bits per heavy atom. The number of rotatable bonds is 3. The maximum Gasteiger partial charge on any atom is 0.241 e. The molecule has 1 amide bonds. The number of aromatic nitrogens is 2. The summed E-state index contributed by atoms with van der Waals surface area (Å²) in [7, 11) is 1.62. The molecule has 2 aromatic heterocycles. The molecule has 0 bridgehead atoms. The highest BCUT2D eigenvalue weighted by Crippen LogP contribution is 2.32. The Bertz CT molecular complexity index is 593. The van der Waals surface area contributed by atoms with E-state index in [0.29, 0.717) is 0 Å². The minimum Gasteiger partial charge on any atom is -0.358 e. The SMILES string of the molecule is CNC(=O)C(C)Nc1ncnc2sc(C)c(C)c12. The molecule has 0 aliphatic carbocycles. The smallest absolute Gasteiger partial charge is 0.241 e. The van der Waals surface area contributed by atoms with Crippen LogP contribution in [0.5, 0.6) is 0 Å². The molecule has 2 N–H and O–H groups in total. The van der Waals surface area contributed by atoms with Crippen LogP contribution in [-0.4, -0.2) is 29.0 Å². The molecule has 0 saturated carbocycles. The van der Waals surface area contributed by atoms with Crippen molar-refractivity contribution in [3.05, 3.63) is 16.8 Å². The number of hydrogen-bond donors (Lipinski definition) is 2. The van der Waals surface area contributed by atoms with Gasteiger partial charge < -0.3 is 10.6 Å². The fraction of sp³-hybridized carbons (Fsp3) is 0.417. The first-order valence-electron chi connectivity index (χ1n) is 5.73. The predicted octanol–water partition coefficient (Wildman–Crippen LogP) is 1.85. The van der Waals surface area contributed by atoms with Crippen molar-refractivity contribution in [3.63, 3.8) is 0 Å². The summed E-state index contributed by atoms with van der Waals surface area (Å²) in [5.41, 5.74) is 1.17. The molecule has 0 aromatic carbocycles. The standard InChI is InChI=1S/C12H16N4OS/c1-6-8(3)18-12-9(6)10(14-5-15-12)16-7(2)11(17)13-4/h5,7H,1-4H3,(H,13,17)(H,14,15,16). The van der Waals surface area contributed by atoms with Crippen molar-refractivity contribution in [3.8, 4) is 0 Å². The first-order chi connectivity index (χ1) is 8.54. The number of nitrogens with zero attached hydrogens (tertiary/aromatic N) is 2. The van der Waals surface area contributed by atoms with Crippen LogP contribution in [0, 0.1) is 13.8 Å². The fourth-order valence-corrected chi connectivity index (χ4v) is 2.78. The van der Waals surface area contributed by atoms with Gasteiger partial charge in [0, 0.05) is 11.9 Å². The van der Waals surface area contributed by atoms with Gasteiger partial charge in [-0.1, -0.05) is 0 Å². The second kappa shape index (κ2) is 4.89. The highest BCUT2D eigenvalue weighted by Gasteiger charge is 2.16. The highest BCUT2D eigenvalue weighted by molar-refractivity contribution is 7.18. The van der Waals surface area contributed by atoms with Gasteiger partial charge in [0.1, 0.15) is 23.0 Å². The van der Waals surface area contributed by atoms with Crippen LogP contribution in [0.3, 0.4) is 0 Å². The molecule has 5 nitrogen and oxygen atoms in total. The van der Waals surface area contributed by atoms with Gasteiger partial charge in [-0.05, 0) is 26.3 Å². The maximum atomic E-state index is 11.5. The molecule has 2 aromatic rings. The number of fused-ring (bicyclic) bond motifs is 1. The maximum absolute atomic E-state index is 11.5. The van der Waals surface area contributed by atoms with Gasteiger partial charge in [0.2, 0.25) is 5.91 Å². The number of amides is 1. The molecule has 96 valence electrons. The molecule has 0 radical (unpaired) electrons. The van der Waals surface area contributed by atoms with Crippen LogP contribution >= 0.6 is 11.3 Å². The summed E-state index contributed by atoms with van der Waals surface area (Å²) in [6, 6.07) is -0.326. The van der Waals surface area contributed by atoms with Gasteiger partial charge in [0.05, 0.1) is 5.39 Å². The number of nitrogens with one attached hydrogen (secondary N) is 2.